The zero-order valence-corrected chi connectivity index (χ0v) is 14.6. The Morgan fingerprint density at radius 3 is 2.32 bits per heavy atom. The molecule has 0 saturated heterocycles. The second-order valence-electron chi connectivity index (χ2n) is 6.89. The van der Waals surface area contributed by atoms with Crippen LogP contribution in [0.2, 0.25) is 0 Å². The number of fused-ring (bicyclic) bond motifs is 1. The SMILES string of the molecule is Brc1ccc(C2(c3n[nH]c4c3CCCCCC4)CCC2)cc1. The Morgan fingerprint density at radius 1 is 0.909 bits per heavy atom. The molecular formula is C19H23BrN2. The fourth-order valence-electron chi connectivity index (χ4n) is 4.19. The lowest BCUT2D eigenvalue weighted by molar-refractivity contribution is 0.291. The predicted molar refractivity (Wildman–Crippen MR) is 93.2 cm³/mol. The molecule has 2 aromatic rings. The van der Waals surface area contributed by atoms with Crippen molar-refractivity contribution in [3.05, 3.63) is 51.3 Å². The number of hydrogen-bond donors (Lipinski definition) is 1. The Hall–Kier alpha value is -1.09. The Labute approximate surface area is 140 Å². The molecule has 2 aliphatic rings. The van der Waals surface area contributed by atoms with Crippen LogP contribution in [0, 0.1) is 0 Å². The normalized spacial score (nSPS) is 20.6. The van der Waals surface area contributed by atoms with Crippen LogP contribution in [0.25, 0.3) is 0 Å². The van der Waals surface area contributed by atoms with E-state index in [-0.39, 0.29) is 5.41 Å². The number of rotatable bonds is 2. The van der Waals surface area contributed by atoms with Gasteiger partial charge < -0.3 is 0 Å². The summed E-state index contributed by atoms with van der Waals surface area (Å²) in [4.78, 5) is 0. The van der Waals surface area contributed by atoms with Crippen molar-refractivity contribution >= 4 is 15.9 Å². The van der Waals surface area contributed by atoms with E-state index in [1.165, 1.54) is 74.7 Å². The molecule has 1 aromatic heterocycles. The van der Waals surface area contributed by atoms with E-state index >= 15 is 0 Å². The Kier molecular flexibility index (Phi) is 3.85. The van der Waals surface area contributed by atoms with Gasteiger partial charge in [0.15, 0.2) is 0 Å². The van der Waals surface area contributed by atoms with Crippen LogP contribution in [-0.2, 0) is 18.3 Å². The molecule has 2 aliphatic carbocycles. The number of hydrogen-bond acceptors (Lipinski definition) is 1. The van der Waals surface area contributed by atoms with E-state index in [4.69, 9.17) is 5.10 Å². The van der Waals surface area contributed by atoms with Crippen LogP contribution in [0.1, 0.15) is 67.5 Å². The van der Waals surface area contributed by atoms with E-state index in [0.29, 0.717) is 0 Å². The van der Waals surface area contributed by atoms with Crippen LogP contribution in [0.4, 0.5) is 0 Å². The van der Waals surface area contributed by atoms with E-state index in [9.17, 15) is 0 Å². The summed E-state index contributed by atoms with van der Waals surface area (Å²) in [6, 6.07) is 8.91. The molecule has 1 fully saturated rings. The molecule has 116 valence electrons. The van der Waals surface area contributed by atoms with E-state index in [1.807, 2.05) is 0 Å². The summed E-state index contributed by atoms with van der Waals surface area (Å²) >= 11 is 3.56. The molecule has 1 saturated carbocycles. The monoisotopic (exact) mass is 358 g/mol. The number of aromatic amines is 1. The van der Waals surface area contributed by atoms with Crippen molar-refractivity contribution in [2.45, 2.75) is 63.2 Å². The second-order valence-corrected chi connectivity index (χ2v) is 7.80. The lowest BCUT2D eigenvalue weighted by Gasteiger charge is -2.42. The van der Waals surface area contributed by atoms with Gasteiger partial charge in [-0.15, -0.1) is 0 Å². The van der Waals surface area contributed by atoms with Gasteiger partial charge in [0.2, 0.25) is 0 Å². The largest absolute Gasteiger partial charge is 0.282 e. The average molecular weight is 359 g/mol. The maximum Gasteiger partial charge on any atom is 0.0762 e. The first-order valence-electron chi connectivity index (χ1n) is 8.62. The molecule has 3 heteroatoms. The molecule has 0 unspecified atom stereocenters. The van der Waals surface area contributed by atoms with Gasteiger partial charge in [-0.1, -0.05) is 47.3 Å². The lowest BCUT2D eigenvalue weighted by Crippen LogP contribution is -2.36. The Morgan fingerprint density at radius 2 is 1.64 bits per heavy atom. The summed E-state index contributed by atoms with van der Waals surface area (Å²) < 4.78 is 1.16. The minimum atomic E-state index is 0.171. The third-order valence-corrected chi connectivity index (χ3v) is 6.14. The van der Waals surface area contributed by atoms with Crippen molar-refractivity contribution < 1.29 is 0 Å². The number of benzene rings is 1. The molecule has 4 rings (SSSR count). The number of aromatic nitrogens is 2. The molecule has 0 bridgehead atoms. The molecule has 22 heavy (non-hydrogen) atoms. The van der Waals surface area contributed by atoms with Gasteiger partial charge in [-0.25, -0.2) is 0 Å². The van der Waals surface area contributed by atoms with E-state index in [2.05, 4.69) is 45.3 Å². The first-order valence-corrected chi connectivity index (χ1v) is 9.41. The summed E-state index contributed by atoms with van der Waals surface area (Å²) in [6.07, 6.45) is 11.5. The molecule has 2 nitrogen and oxygen atoms in total. The Balaban J connectivity index is 1.77. The summed E-state index contributed by atoms with van der Waals surface area (Å²) in [5.74, 6) is 0. The predicted octanol–water partition coefficient (Wildman–Crippen LogP) is 5.30. The first-order chi connectivity index (χ1) is 10.8. The van der Waals surface area contributed by atoms with Crippen molar-refractivity contribution in [1.82, 2.24) is 10.2 Å². The molecule has 0 atom stereocenters. The van der Waals surface area contributed by atoms with Crippen molar-refractivity contribution in [2.75, 3.05) is 0 Å². The van der Waals surface area contributed by atoms with Crippen LogP contribution in [0.15, 0.2) is 28.7 Å². The van der Waals surface area contributed by atoms with Gasteiger partial charge in [-0.2, -0.15) is 5.10 Å². The topological polar surface area (TPSA) is 28.7 Å². The van der Waals surface area contributed by atoms with Gasteiger partial charge in [0.05, 0.1) is 5.69 Å². The van der Waals surface area contributed by atoms with Gasteiger partial charge >= 0.3 is 0 Å². The summed E-state index contributed by atoms with van der Waals surface area (Å²) in [5.41, 5.74) is 5.93. The number of H-pyrrole nitrogens is 1. The number of halogens is 1. The van der Waals surface area contributed by atoms with Gasteiger partial charge in [0.25, 0.3) is 0 Å². The van der Waals surface area contributed by atoms with Gasteiger partial charge in [0, 0.05) is 15.6 Å². The number of nitrogens with one attached hydrogen (secondary N) is 1. The zero-order chi connectivity index (χ0) is 15.0. The van der Waals surface area contributed by atoms with E-state index in [0.717, 1.165) is 4.47 Å². The van der Waals surface area contributed by atoms with Crippen LogP contribution in [-0.4, -0.2) is 10.2 Å². The molecule has 0 aliphatic heterocycles. The lowest BCUT2D eigenvalue weighted by atomic mass is 9.61. The maximum absolute atomic E-state index is 4.84. The van der Waals surface area contributed by atoms with E-state index in [1.54, 1.807) is 5.56 Å². The smallest absolute Gasteiger partial charge is 0.0762 e. The fourth-order valence-corrected chi connectivity index (χ4v) is 4.46. The second kappa shape index (κ2) is 5.84. The highest BCUT2D eigenvalue weighted by Gasteiger charge is 2.44. The molecule has 0 amide bonds. The quantitative estimate of drug-likeness (QED) is 0.774. The molecule has 0 spiro atoms. The van der Waals surface area contributed by atoms with Gasteiger partial charge in [-0.3, -0.25) is 5.10 Å². The zero-order valence-electron chi connectivity index (χ0n) is 13.0. The van der Waals surface area contributed by atoms with Crippen LogP contribution in [0.3, 0.4) is 0 Å². The maximum atomic E-state index is 4.84. The third kappa shape index (κ3) is 2.34. The van der Waals surface area contributed by atoms with Gasteiger partial charge in [-0.05, 0) is 61.8 Å². The molecule has 1 heterocycles. The first kappa shape index (κ1) is 14.5. The fraction of sp³-hybridized carbons (Fsp3) is 0.526. The summed E-state index contributed by atoms with van der Waals surface area (Å²) in [6.45, 7) is 0. The minimum absolute atomic E-state index is 0.171. The molecular weight excluding hydrogens is 336 g/mol. The van der Waals surface area contributed by atoms with Crippen LogP contribution >= 0.6 is 15.9 Å². The van der Waals surface area contributed by atoms with Crippen molar-refractivity contribution in [3.63, 3.8) is 0 Å². The van der Waals surface area contributed by atoms with Crippen molar-refractivity contribution in [1.29, 1.82) is 0 Å². The van der Waals surface area contributed by atoms with Crippen LogP contribution in [0.5, 0.6) is 0 Å². The molecule has 0 radical (unpaired) electrons. The van der Waals surface area contributed by atoms with Gasteiger partial charge in [0.1, 0.15) is 0 Å². The minimum Gasteiger partial charge on any atom is -0.282 e. The Bertz CT molecular complexity index is 653. The summed E-state index contributed by atoms with van der Waals surface area (Å²) in [7, 11) is 0. The highest BCUT2D eigenvalue weighted by molar-refractivity contribution is 9.10. The molecule has 1 N–H and O–H groups in total. The molecule has 1 aromatic carbocycles. The number of nitrogens with zero attached hydrogens (tertiary/aromatic N) is 1. The third-order valence-electron chi connectivity index (χ3n) is 5.61. The van der Waals surface area contributed by atoms with Crippen molar-refractivity contribution in [2.24, 2.45) is 0 Å². The summed E-state index contributed by atoms with van der Waals surface area (Å²) in [5, 5.41) is 8.23. The van der Waals surface area contributed by atoms with Crippen LogP contribution < -0.4 is 0 Å². The van der Waals surface area contributed by atoms with E-state index < -0.39 is 0 Å². The van der Waals surface area contributed by atoms with Crippen molar-refractivity contribution in [3.8, 4) is 0 Å². The standard InChI is InChI=1S/C19H23BrN2/c20-15-10-8-14(9-11-15)19(12-5-13-19)18-16-6-3-1-2-4-7-17(16)21-22-18/h8-11H,1-7,12-13H2,(H,21,22). The average Bonchev–Trinajstić information content (AvgIpc) is 2.82. The highest BCUT2D eigenvalue weighted by atomic mass is 79.9. The highest BCUT2D eigenvalue weighted by Crippen LogP contribution is 2.50. The number of aryl methyl sites for hydroxylation is 1.